The van der Waals surface area contributed by atoms with Crippen molar-refractivity contribution < 1.29 is 28.2 Å². The number of hydrazone groups is 1. The number of nitrogens with one attached hydrogen (secondary N) is 1. The highest BCUT2D eigenvalue weighted by Crippen LogP contribution is 2.38. The molecule has 0 saturated heterocycles. The van der Waals surface area contributed by atoms with Crippen molar-refractivity contribution in [2.75, 3.05) is 21.3 Å². The summed E-state index contributed by atoms with van der Waals surface area (Å²) in [5.74, 6) is 2.32. The Morgan fingerprint density at radius 2 is 1.73 bits per heavy atom. The molecule has 0 spiro atoms. The number of amides is 1. The van der Waals surface area contributed by atoms with Crippen molar-refractivity contribution in [3.05, 3.63) is 71.2 Å². The summed E-state index contributed by atoms with van der Waals surface area (Å²) >= 11 is 0. The van der Waals surface area contributed by atoms with Gasteiger partial charge in [-0.15, -0.1) is 0 Å². The molecule has 0 aliphatic rings. The number of ether oxygens (including phenoxy) is 4. The van der Waals surface area contributed by atoms with E-state index >= 15 is 0 Å². The molecule has 0 saturated carbocycles. The number of hydrogen-bond donors (Lipinski definition) is 1. The van der Waals surface area contributed by atoms with Gasteiger partial charge in [0.2, 0.25) is 5.75 Å². The van der Waals surface area contributed by atoms with Crippen molar-refractivity contribution in [1.82, 2.24) is 5.43 Å². The van der Waals surface area contributed by atoms with Crippen LogP contribution in [0, 0.1) is 0 Å². The van der Waals surface area contributed by atoms with Gasteiger partial charge < -0.3 is 23.4 Å². The third kappa shape index (κ3) is 6.06. The van der Waals surface area contributed by atoms with E-state index in [1.54, 1.807) is 24.3 Å². The molecular weight excluding hydrogens is 424 g/mol. The fourth-order valence-corrected chi connectivity index (χ4v) is 3.21. The molecule has 0 bridgehead atoms. The fourth-order valence-electron chi connectivity index (χ4n) is 3.21. The Labute approximate surface area is 193 Å². The summed E-state index contributed by atoms with van der Waals surface area (Å²) in [6.45, 7) is 2.36. The summed E-state index contributed by atoms with van der Waals surface area (Å²) in [5.41, 5.74) is 4.32. The van der Waals surface area contributed by atoms with Crippen LogP contribution in [0.3, 0.4) is 0 Å². The van der Waals surface area contributed by atoms with Crippen LogP contribution in [0.15, 0.2) is 58.0 Å². The molecule has 0 aliphatic heterocycles. The zero-order chi connectivity index (χ0) is 23.6. The molecule has 8 heteroatoms. The van der Waals surface area contributed by atoms with E-state index in [1.165, 1.54) is 33.1 Å². The van der Waals surface area contributed by atoms with Crippen LogP contribution in [-0.4, -0.2) is 33.5 Å². The second-order valence-electron chi connectivity index (χ2n) is 7.07. The van der Waals surface area contributed by atoms with Gasteiger partial charge in [0.1, 0.15) is 18.1 Å². The minimum Gasteiger partial charge on any atom is -0.493 e. The molecular formula is C25H28N2O6. The zero-order valence-corrected chi connectivity index (χ0v) is 19.2. The number of nitrogens with zero attached hydrogens (tertiary/aromatic N) is 1. The average Bonchev–Trinajstić information content (AvgIpc) is 3.32. The Bertz CT molecular complexity index is 1090. The van der Waals surface area contributed by atoms with Crippen LogP contribution in [0.25, 0.3) is 0 Å². The first-order valence-electron chi connectivity index (χ1n) is 10.5. The topological polar surface area (TPSA) is 91.5 Å². The molecule has 174 valence electrons. The number of carbonyl (C=O) groups is 1. The lowest BCUT2D eigenvalue weighted by molar-refractivity contribution is 0.0923. The van der Waals surface area contributed by atoms with Gasteiger partial charge in [0.15, 0.2) is 17.3 Å². The Morgan fingerprint density at radius 3 is 2.39 bits per heavy atom. The van der Waals surface area contributed by atoms with Crippen molar-refractivity contribution in [3.8, 4) is 23.0 Å². The molecule has 0 fully saturated rings. The van der Waals surface area contributed by atoms with Crippen molar-refractivity contribution in [2.24, 2.45) is 5.10 Å². The quantitative estimate of drug-likeness (QED) is 0.338. The van der Waals surface area contributed by atoms with E-state index in [1.807, 2.05) is 24.3 Å². The number of hydrogen-bond acceptors (Lipinski definition) is 7. The Morgan fingerprint density at radius 1 is 0.970 bits per heavy atom. The lowest BCUT2D eigenvalue weighted by atomic mass is 10.1. The second kappa shape index (κ2) is 11.6. The predicted molar refractivity (Wildman–Crippen MR) is 125 cm³/mol. The lowest BCUT2D eigenvalue weighted by Crippen LogP contribution is -2.16. The summed E-state index contributed by atoms with van der Waals surface area (Å²) < 4.78 is 27.3. The van der Waals surface area contributed by atoms with Crippen LogP contribution in [0.4, 0.5) is 0 Å². The van der Waals surface area contributed by atoms with Crippen molar-refractivity contribution in [3.63, 3.8) is 0 Å². The number of methoxy groups -OCH3 is 3. The Hall–Kier alpha value is -3.94. The van der Waals surface area contributed by atoms with E-state index in [0.717, 1.165) is 18.6 Å². The minimum atomic E-state index is -0.485. The SMILES string of the molecule is CCCc1ccc(OCc2ccc(C(=O)NN=Cc3ccc(OC)c(OC)c3OC)o2)cc1. The first kappa shape index (κ1) is 23.7. The summed E-state index contributed by atoms with van der Waals surface area (Å²) in [5, 5.41) is 3.99. The third-order valence-electron chi connectivity index (χ3n) is 4.83. The van der Waals surface area contributed by atoms with Gasteiger partial charge in [-0.3, -0.25) is 4.79 Å². The highest BCUT2D eigenvalue weighted by atomic mass is 16.5. The minimum absolute atomic E-state index is 0.128. The zero-order valence-electron chi connectivity index (χ0n) is 19.2. The monoisotopic (exact) mass is 452 g/mol. The van der Waals surface area contributed by atoms with Crippen molar-refractivity contribution >= 4 is 12.1 Å². The van der Waals surface area contributed by atoms with E-state index in [-0.39, 0.29) is 12.4 Å². The highest BCUT2D eigenvalue weighted by Gasteiger charge is 2.15. The molecule has 1 aromatic heterocycles. The number of aryl methyl sites for hydroxylation is 1. The first-order chi connectivity index (χ1) is 16.1. The third-order valence-corrected chi connectivity index (χ3v) is 4.83. The smallest absolute Gasteiger partial charge is 0.307 e. The number of benzene rings is 2. The van der Waals surface area contributed by atoms with Crippen LogP contribution in [0.1, 0.15) is 40.8 Å². The van der Waals surface area contributed by atoms with Crippen LogP contribution in [0.5, 0.6) is 23.0 Å². The maximum atomic E-state index is 12.4. The standard InChI is InChI=1S/C25H28N2O6/c1-5-6-17-7-10-19(11-8-17)32-16-20-12-14-22(33-20)25(28)27-26-15-18-9-13-21(29-2)24(31-4)23(18)30-3/h7-15H,5-6,16H2,1-4H3,(H,27,28). The molecule has 0 atom stereocenters. The summed E-state index contributed by atoms with van der Waals surface area (Å²) in [4.78, 5) is 12.4. The molecule has 3 aromatic rings. The summed E-state index contributed by atoms with van der Waals surface area (Å²) in [7, 11) is 4.57. The molecule has 1 amide bonds. The average molecular weight is 453 g/mol. The maximum absolute atomic E-state index is 12.4. The highest BCUT2D eigenvalue weighted by molar-refractivity contribution is 5.93. The van der Waals surface area contributed by atoms with Gasteiger partial charge >= 0.3 is 5.91 Å². The van der Waals surface area contributed by atoms with Crippen LogP contribution in [0.2, 0.25) is 0 Å². The normalized spacial score (nSPS) is 10.8. The molecule has 1 heterocycles. The molecule has 3 rings (SSSR count). The Balaban J connectivity index is 1.58. The Kier molecular flexibility index (Phi) is 8.35. The lowest BCUT2D eigenvalue weighted by Gasteiger charge is -2.13. The van der Waals surface area contributed by atoms with E-state index in [9.17, 15) is 4.79 Å². The molecule has 8 nitrogen and oxygen atoms in total. The van der Waals surface area contributed by atoms with Crippen molar-refractivity contribution in [2.45, 2.75) is 26.4 Å². The molecule has 0 aliphatic carbocycles. The summed E-state index contributed by atoms with van der Waals surface area (Å²) in [6.07, 6.45) is 3.59. The molecule has 2 aromatic carbocycles. The van der Waals surface area contributed by atoms with Gasteiger partial charge in [0.25, 0.3) is 0 Å². The van der Waals surface area contributed by atoms with Crippen molar-refractivity contribution in [1.29, 1.82) is 0 Å². The summed E-state index contributed by atoms with van der Waals surface area (Å²) in [6, 6.07) is 14.7. The number of rotatable bonds is 11. The largest absolute Gasteiger partial charge is 0.493 e. The van der Waals surface area contributed by atoms with Gasteiger partial charge in [-0.1, -0.05) is 25.5 Å². The van der Waals surface area contributed by atoms with Gasteiger partial charge in [-0.25, -0.2) is 5.43 Å². The fraction of sp³-hybridized carbons (Fsp3) is 0.280. The predicted octanol–water partition coefficient (Wildman–Crippen LogP) is 4.60. The number of furan rings is 1. The number of carbonyl (C=O) groups excluding carboxylic acids is 1. The van der Waals surface area contributed by atoms with E-state index in [2.05, 4.69) is 17.5 Å². The second-order valence-corrected chi connectivity index (χ2v) is 7.07. The van der Waals surface area contributed by atoms with Gasteiger partial charge in [0.05, 0.1) is 27.5 Å². The molecule has 1 N–H and O–H groups in total. The van der Waals surface area contributed by atoms with Crippen LogP contribution < -0.4 is 24.4 Å². The van der Waals surface area contributed by atoms with E-state index < -0.39 is 5.91 Å². The van der Waals surface area contributed by atoms with E-state index in [0.29, 0.717) is 28.6 Å². The first-order valence-corrected chi connectivity index (χ1v) is 10.5. The molecule has 0 radical (unpaired) electrons. The van der Waals surface area contributed by atoms with Crippen LogP contribution >= 0.6 is 0 Å². The van der Waals surface area contributed by atoms with E-state index in [4.69, 9.17) is 23.4 Å². The molecule has 0 unspecified atom stereocenters. The molecule has 33 heavy (non-hydrogen) atoms. The van der Waals surface area contributed by atoms with Gasteiger partial charge in [0, 0.05) is 5.56 Å². The van der Waals surface area contributed by atoms with Gasteiger partial charge in [-0.05, 0) is 48.4 Å². The maximum Gasteiger partial charge on any atom is 0.307 e. The van der Waals surface area contributed by atoms with Crippen LogP contribution in [-0.2, 0) is 13.0 Å². The van der Waals surface area contributed by atoms with Gasteiger partial charge in [-0.2, -0.15) is 5.10 Å².